The minimum atomic E-state index is -3.34. The van der Waals surface area contributed by atoms with Gasteiger partial charge in [0.2, 0.25) is 10.0 Å². The van der Waals surface area contributed by atoms with Gasteiger partial charge in [-0.05, 0) is 23.3 Å². The van der Waals surface area contributed by atoms with Gasteiger partial charge in [0, 0.05) is 19.6 Å². The van der Waals surface area contributed by atoms with Crippen molar-refractivity contribution in [3.63, 3.8) is 0 Å². The Kier molecular flexibility index (Phi) is 6.37. The Labute approximate surface area is 158 Å². The smallest absolute Gasteiger partial charge is 0.213 e. The van der Waals surface area contributed by atoms with Crippen LogP contribution < -0.4 is 19.5 Å². The highest BCUT2D eigenvalue weighted by Crippen LogP contribution is 2.38. The summed E-state index contributed by atoms with van der Waals surface area (Å²) < 4.78 is 37.7. The number of benzene rings is 2. The zero-order chi connectivity index (χ0) is 18.4. The molecule has 6 nitrogen and oxygen atoms in total. The van der Waals surface area contributed by atoms with E-state index in [0.717, 1.165) is 11.1 Å². The Hall–Kier alpha value is -1.80. The molecule has 1 aliphatic rings. The van der Waals surface area contributed by atoms with E-state index in [-0.39, 0.29) is 5.75 Å². The standard InChI is InChI=1S/C18H21ClN2O4S/c19-16-10-15(11-17-18(16)25-8-7-24-17)12-20-6-9-26(22,23)21-13-14-4-2-1-3-5-14/h1-5,10-11,20-21H,6-9,12-13H2. The number of hydrogen-bond acceptors (Lipinski definition) is 5. The monoisotopic (exact) mass is 396 g/mol. The molecule has 0 spiro atoms. The Morgan fingerprint density at radius 2 is 1.77 bits per heavy atom. The SMILES string of the molecule is O=S(=O)(CCNCc1cc(Cl)c2c(c1)OCCO2)NCc1ccccc1. The predicted molar refractivity (Wildman–Crippen MR) is 101 cm³/mol. The van der Waals surface area contributed by atoms with Crippen LogP contribution in [0.2, 0.25) is 5.02 Å². The van der Waals surface area contributed by atoms with E-state index in [9.17, 15) is 8.42 Å². The van der Waals surface area contributed by atoms with Crippen LogP contribution in [-0.2, 0) is 23.1 Å². The fourth-order valence-corrected chi connectivity index (χ4v) is 3.80. The van der Waals surface area contributed by atoms with Crippen molar-refractivity contribution in [2.24, 2.45) is 0 Å². The maximum Gasteiger partial charge on any atom is 0.213 e. The maximum absolute atomic E-state index is 12.1. The number of hydrogen-bond donors (Lipinski definition) is 2. The van der Waals surface area contributed by atoms with Crippen molar-refractivity contribution in [3.05, 3.63) is 58.6 Å². The first-order valence-corrected chi connectivity index (χ1v) is 10.4. The summed E-state index contributed by atoms with van der Waals surface area (Å²) in [6.07, 6.45) is 0. The summed E-state index contributed by atoms with van der Waals surface area (Å²) in [5, 5.41) is 3.61. The molecule has 1 heterocycles. The second kappa shape index (κ2) is 8.73. The number of fused-ring (bicyclic) bond motifs is 1. The van der Waals surface area contributed by atoms with Crippen LogP contribution in [0, 0.1) is 0 Å². The first kappa shape index (κ1) is 19.0. The van der Waals surface area contributed by atoms with E-state index in [1.807, 2.05) is 36.4 Å². The van der Waals surface area contributed by atoms with Crippen molar-refractivity contribution in [1.29, 1.82) is 0 Å². The lowest BCUT2D eigenvalue weighted by Gasteiger charge is -2.20. The highest BCUT2D eigenvalue weighted by atomic mass is 35.5. The van der Waals surface area contributed by atoms with Gasteiger partial charge < -0.3 is 14.8 Å². The molecular formula is C18H21ClN2O4S. The average molecular weight is 397 g/mol. The number of halogens is 1. The fourth-order valence-electron chi connectivity index (χ4n) is 2.57. The molecule has 2 aromatic carbocycles. The molecule has 2 aromatic rings. The highest BCUT2D eigenvalue weighted by molar-refractivity contribution is 7.89. The van der Waals surface area contributed by atoms with Crippen LogP contribution in [0.1, 0.15) is 11.1 Å². The van der Waals surface area contributed by atoms with E-state index in [1.165, 1.54) is 0 Å². The zero-order valence-corrected chi connectivity index (χ0v) is 15.8. The van der Waals surface area contributed by atoms with Crippen LogP contribution in [0.3, 0.4) is 0 Å². The summed E-state index contributed by atoms with van der Waals surface area (Å²) in [5.74, 6) is 1.19. The van der Waals surface area contributed by atoms with E-state index in [0.29, 0.717) is 49.4 Å². The lowest BCUT2D eigenvalue weighted by atomic mass is 10.2. The normalized spacial score (nSPS) is 13.6. The average Bonchev–Trinajstić information content (AvgIpc) is 2.65. The van der Waals surface area contributed by atoms with E-state index in [2.05, 4.69) is 10.0 Å². The Morgan fingerprint density at radius 1 is 1.00 bits per heavy atom. The third-order valence-electron chi connectivity index (χ3n) is 3.87. The van der Waals surface area contributed by atoms with Gasteiger partial charge in [-0.25, -0.2) is 13.1 Å². The molecule has 0 radical (unpaired) electrons. The molecule has 0 aliphatic carbocycles. The Bertz CT molecular complexity index is 844. The van der Waals surface area contributed by atoms with Crippen LogP contribution in [0.4, 0.5) is 0 Å². The zero-order valence-electron chi connectivity index (χ0n) is 14.2. The van der Waals surface area contributed by atoms with E-state index < -0.39 is 10.0 Å². The summed E-state index contributed by atoms with van der Waals surface area (Å²) >= 11 is 6.19. The highest BCUT2D eigenvalue weighted by Gasteiger charge is 2.16. The van der Waals surface area contributed by atoms with Crippen molar-refractivity contribution in [1.82, 2.24) is 10.0 Å². The molecule has 26 heavy (non-hydrogen) atoms. The van der Waals surface area contributed by atoms with Gasteiger partial charge in [0.05, 0.1) is 10.8 Å². The van der Waals surface area contributed by atoms with Gasteiger partial charge >= 0.3 is 0 Å². The molecule has 0 bridgehead atoms. The van der Waals surface area contributed by atoms with Crippen molar-refractivity contribution < 1.29 is 17.9 Å². The van der Waals surface area contributed by atoms with Crippen LogP contribution in [0.25, 0.3) is 0 Å². The van der Waals surface area contributed by atoms with Gasteiger partial charge in [0.25, 0.3) is 0 Å². The van der Waals surface area contributed by atoms with Crippen molar-refractivity contribution in [2.45, 2.75) is 13.1 Å². The molecule has 0 atom stereocenters. The molecule has 140 valence electrons. The molecular weight excluding hydrogens is 376 g/mol. The van der Waals surface area contributed by atoms with Gasteiger partial charge in [-0.3, -0.25) is 0 Å². The summed E-state index contributed by atoms with van der Waals surface area (Å²) in [5.41, 5.74) is 1.84. The minimum absolute atomic E-state index is 0.00187. The molecule has 2 N–H and O–H groups in total. The number of nitrogens with one attached hydrogen (secondary N) is 2. The largest absolute Gasteiger partial charge is 0.486 e. The molecule has 0 aromatic heterocycles. The van der Waals surface area contributed by atoms with Gasteiger partial charge in [-0.1, -0.05) is 41.9 Å². The summed E-state index contributed by atoms with van der Waals surface area (Å²) in [4.78, 5) is 0. The lowest BCUT2D eigenvalue weighted by molar-refractivity contribution is 0.171. The van der Waals surface area contributed by atoms with Gasteiger partial charge in [-0.15, -0.1) is 0 Å². The Morgan fingerprint density at radius 3 is 2.58 bits per heavy atom. The van der Waals surface area contributed by atoms with Crippen molar-refractivity contribution in [2.75, 3.05) is 25.5 Å². The molecule has 1 aliphatic heterocycles. The van der Waals surface area contributed by atoms with E-state index in [4.69, 9.17) is 21.1 Å². The first-order chi connectivity index (χ1) is 12.5. The van der Waals surface area contributed by atoms with Gasteiger partial charge in [-0.2, -0.15) is 0 Å². The van der Waals surface area contributed by atoms with Gasteiger partial charge in [0.15, 0.2) is 11.5 Å². The molecule has 8 heteroatoms. The van der Waals surface area contributed by atoms with Crippen molar-refractivity contribution in [3.8, 4) is 11.5 Å². The fraction of sp³-hybridized carbons (Fsp3) is 0.333. The van der Waals surface area contributed by atoms with Crippen LogP contribution in [0.15, 0.2) is 42.5 Å². The topological polar surface area (TPSA) is 76.7 Å². The molecule has 0 unspecified atom stereocenters. The molecule has 0 fully saturated rings. The second-order valence-electron chi connectivity index (χ2n) is 5.90. The molecule has 0 saturated carbocycles. The molecule has 0 saturated heterocycles. The maximum atomic E-state index is 12.1. The molecule has 0 amide bonds. The number of sulfonamides is 1. The quantitative estimate of drug-likeness (QED) is 0.670. The predicted octanol–water partition coefficient (Wildman–Crippen LogP) is 2.32. The van der Waals surface area contributed by atoms with E-state index >= 15 is 0 Å². The second-order valence-corrected chi connectivity index (χ2v) is 8.24. The Balaban J connectivity index is 1.45. The van der Waals surface area contributed by atoms with Crippen LogP contribution >= 0.6 is 11.6 Å². The summed E-state index contributed by atoms with van der Waals surface area (Å²) in [6.45, 7) is 2.09. The van der Waals surface area contributed by atoms with Crippen molar-refractivity contribution >= 4 is 21.6 Å². The number of rotatable bonds is 8. The summed E-state index contributed by atoms with van der Waals surface area (Å²) in [6, 6.07) is 13.1. The number of ether oxygens (including phenoxy) is 2. The lowest BCUT2D eigenvalue weighted by Crippen LogP contribution is -2.31. The minimum Gasteiger partial charge on any atom is -0.486 e. The summed E-state index contributed by atoms with van der Waals surface area (Å²) in [7, 11) is -3.34. The third kappa shape index (κ3) is 5.35. The third-order valence-corrected chi connectivity index (χ3v) is 5.48. The first-order valence-electron chi connectivity index (χ1n) is 8.33. The van der Waals surface area contributed by atoms with Crippen LogP contribution in [0.5, 0.6) is 11.5 Å². The van der Waals surface area contributed by atoms with Gasteiger partial charge in [0.1, 0.15) is 13.2 Å². The molecule has 3 rings (SSSR count). The van der Waals surface area contributed by atoms with E-state index in [1.54, 1.807) is 6.07 Å². The van der Waals surface area contributed by atoms with Crippen LogP contribution in [-0.4, -0.2) is 33.9 Å².